The fraction of sp³-hybridized carbons (Fsp3) is 0.533. The average Bonchev–Trinajstić information content (AvgIpc) is 2.85. The Hall–Kier alpha value is -0.870. The van der Waals surface area contributed by atoms with E-state index in [1.807, 2.05) is 12.1 Å². The number of nitrogens with one attached hydrogen (secondary N) is 1. The fourth-order valence-corrected chi connectivity index (χ4v) is 3.76. The first kappa shape index (κ1) is 13.1. The lowest BCUT2D eigenvalue weighted by Gasteiger charge is -2.38. The van der Waals surface area contributed by atoms with Crippen LogP contribution < -0.4 is 0 Å². The smallest absolute Gasteiger partial charge is 0.0864 e. The van der Waals surface area contributed by atoms with Crippen LogP contribution in [-0.2, 0) is 0 Å². The number of fused-ring (bicyclic) bond motifs is 1. The van der Waals surface area contributed by atoms with Crippen LogP contribution in [0.3, 0.4) is 0 Å². The lowest BCUT2D eigenvalue weighted by atomic mass is 9.70. The summed E-state index contributed by atoms with van der Waals surface area (Å²) in [4.78, 5) is 0. The molecule has 1 fully saturated rings. The lowest BCUT2D eigenvalue weighted by molar-refractivity contribution is 0.00904. The van der Waals surface area contributed by atoms with Crippen LogP contribution in [0.25, 0.3) is 10.9 Å². The Labute approximate surface area is 121 Å². The molecule has 19 heavy (non-hydrogen) atoms. The van der Waals surface area contributed by atoms with Crippen molar-refractivity contribution in [1.29, 1.82) is 0 Å². The molecule has 1 unspecified atom stereocenters. The van der Waals surface area contributed by atoms with Gasteiger partial charge in [-0.3, -0.25) is 5.10 Å². The number of aliphatic hydroxyl groups is 1. The normalized spacial score (nSPS) is 20.6. The monoisotopic (exact) mass is 322 g/mol. The van der Waals surface area contributed by atoms with Crippen molar-refractivity contribution in [3.05, 3.63) is 28.4 Å². The summed E-state index contributed by atoms with van der Waals surface area (Å²) >= 11 is 3.53. The summed E-state index contributed by atoms with van der Waals surface area (Å²) in [5.41, 5.74) is 1.91. The van der Waals surface area contributed by atoms with E-state index in [1.54, 1.807) is 6.20 Å². The van der Waals surface area contributed by atoms with E-state index in [-0.39, 0.29) is 5.41 Å². The molecule has 1 aliphatic carbocycles. The molecule has 1 aromatic heterocycles. The number of halogens is 1. The minimum absolute atomic E-state index is 0.0168. The summed E-state index contributed by atoms with van der Waals surface area (Å²) in [5, 5.41) is 19.0. The number of H-pyrrole nitrogens is 1. The van der Waals surface area contributed by atoms with E-state index >= 15 is 0 Å². The maximum atomic E-state index is 10.9. The number of hydrogen-bond donors (Lipinski definition) is 2. The van der Waals surface area contributed by atoms with Crippen LogP contribution in [0.15, 0.2) is 22.8 Å². The van der Waals surface area contributed by atoms with Crippen molar-refractivity contribution in [2.75, 3.05) is 0 Å². The van der Waals surface area contributed by atoms with E-state index in [1.165, 1.54) is 19.3 Å². The van der Waals surface area contributed by atoms with Gasteiger partial charge in [0.05, 0.1) is 17.8 Å². The third kappa shape index (κ3) is 2.32. The van der Waals surface area contributed by atoms with E-state index in [0.29, 0.717) is 0 Å². The van der Waals surface area contributed by atoms with Gasteiger partial charge in [0.25, 0.3) is 0 Å². The second-order valence-corrected chi connectivity index (χ2v) is 6.86. The SMILES string of the molecule is CC1(C(O)c2cc(Br)cc3cn[nH]c23)CCCCC1. The van der Waals surface area contributed by atoms with Crippen molar-refractivity contribution in [3.8, 4) is 0 Å². The number of hydrogen-bond acceptors (Lipinski definition) is 2. The van der Waals surface area contributed by atoms with Crippen LogP contribution in [0, 0.1) is 5.41 Å². The third-order valence-corrected chi connectivity index (χ3v) is 4.95. The quantitative estimate of drug-likeness (QED) is 0.864. The maximum absolute atomic E-state index is 10.9. The van der Waals surface area contributed by atoms with E-state index in [4.69, 9.17) is 0 Å². The van der Waals surface area contributed by atoms with Crippen molar-refractivity contribution in [3.63, 3.8) is 0 Å². The summed E-state index contributed by atoms with van der Waals surface area (Å²) in [6.45, 7) is 2.21. The predicted molar refractivity (Wildman–Crippen MR) is 79.9 cm³/mol. The Balaban J connectivity index is 2.05. The summed E-state index contributed by atoms with van der Waals surface area (Å²) in [6.07, 6.45) is 7.28. The molecule has 0 bridgehead atoms. The Bertz CT molecular complexity index is 587. The molecule has 1 atom stereocenters. The van der Waals surface area contributed by atoms with E-state index in [0.717, 1.165) is 33.8 Å². The first-order valence-corrected chi connectivity index (χ1v) is 7.70. The van der Waals surface area contributed by atoms with E-state index in [2.05, 4.69) is 33.1 Å². The second kappa shape index (κ2) is 4.91. The Kier molecular flexibility index (Phi) is 3.39. The zero-order chi connectivity index (χ0) is 13.5. The highest BCUT2D eigenvalue weighted by Crippen LogP contribution is 2.47. The molecule has 1 aliphatic rings. The molecular formula is C15H19BrN2O. The van der Waals surface area contributed by atoms with Crippen LogP contribution in [0.1, 0.15) is 50.7 Å². The summed E-state index contributed by atoms with van der Waals surface area (Å²) in [5.74, 6) is 0. The van der Waals surface area contributed by atoms with Gasteiger partial charge < -0.3 is 5.11 Å². The van der Waals surface area contributed by atoms with Gasteiger partial charge in [0.2, 0.25) is 0 Å². The van der Waals surface area contributed by atoms with Gasteiger partial charge in [-0.2, -0.15) is 5.10 Å². The predicted octanol–water partition coefficient (Wildman–Crippen LogP) is 4.33. The standard InChI is InChI=1S/C15H19BrN2O/c1-15(5-3-2-4-6-15)14(19)12-8-11(16)7-10-9-17-18-13(10)12/h7-9,14,19H,2-6H2,1H3,(H,17,18). The molecule has 1 heterocycles. The van der Waals surface area contributed by atoms with Gasteiger partial charge in [0.15, 0.2) is 0 Å². The molecule has 2 aromatic rings. The lowest BCUT2D eigenvalue weighted by Crippen LogP contribution is -2.28. The first-order valence-electron chi connectivity index (χ1n) is 6.91. The van der Waals surface area contributed by atoms with Gasteiger partial charge in [-0.15, -0.1) is 0 Å². The Morgan fingerprint density at radius 2 is 2.05 bits per heavy atom. The van der Waals surface area contributed by atoms with Gasteiger partial charge in [-0.1, -0.05) is 42.1 Å². The molecule has 0 aliphatic heterocycles. The largest absolute Gasteiger partial charge is 0.388 e. The highest BCUT2D eigenvalue weighted by atomic mass is 79.9. The van der Waals surface area contributed by atoms with E-state index < -0.39 is 6.10 Å². The molecule has 1 aromatic carbocycles. The second-order valence-electron chi connectivity index (χ2n) is 5.95. The molecule has 3 nitrogen and oxygen atoms in total. The number of benzene rings is 1. The number of aromatic nitrogens is 2. The van der Waals surface area contributed by atoms with Crippen molar-refractivity contribution in [2.24, 2.45) is 5.41 Å². The zero-order valence-electron chi connectivity index (χ0n) is 11.1. The van der Waals surface area contributed by atoms with Gasteiger partial charge >= 0.3 is 0 Å². The molecule has 102 valence electrons. The number of rotatable bonds is 2. The molecule has 0 spiro atoms. The Morgan fingerprint density at radius 1 is 1.32 bits per heavy atom. The van der Waals surface area contributed by atoms with Gasteiger partial charge in [0, 0.05) is 15.4 Å². The molecule has 0 radical (unpaired) electrons. The minimum Gasteiger partial charge on any atom is -0.388 e. The van der Waals surface area contributed by atoms with Crippen molar-refractivity contribution >= 4 is 26.8 Å². The first-order chi connectivity index (χ1) is 9.10. The number of nitrogens with zero attached hydrogens (tertiary/aromatic N) is 1. The molecule has 2 N–H and O–H groups in total. The van der Waals surface area contributed by atoms with Crippen molar-refractivity contribution < 1.29 is 5.11 Å². The van der Waals surface area contributed by atoms with Crippen LogP contribution in [0.4, 0.5) is 0 Å². The fourth-order valence-electron chi connectivity index (χ4n) is 3.27. The van der Waals surface area contributed by atoms with Crippen molar-refractivity contribution in [1.82, 2.24) is 10.2 Å². The molecular weight excluding hydrogens is 304 g/mol. The summed E-state index contributed by atoms with van der Waals surface area (Å²) < 4.78 is 0.995. The molecule has 0 saturated heterocycles. The van der Waals surface area contributed by atoms with Crippen LogP contribution in [-0.4, -0.2) is 15.3 Å². The average molecular weight is 323 g/mol. The molecule has 1 saturated carbocycles. The molecule has 4 heteroatoms. The molecule has 0 amide bonds. The zero-order valence-corrected chi connectivity index (χ0v) is 12.7. The van der Waals surface area contributed by atoms with Crippen molar-refractivity contribution in [2.45, 2.75) is 45.1 Å². The maximum Gasteiger partial charge on any atom is 0.0864 e. The van der Waals surface area contributed by atoms with Crippen LogP contribution >= 0.6 is 15.9 Å². The third-order valence-electron chi connectivity index (χ3n) is 4.49. The van der Waals surface area contributed by atoms with Crippen LogP contribution in [0.5, 0.6) is 0 Å². The van der Waals surface area contributed by atoms with Gasteiger partial charge in [0.1, 0.15) is 0 Å². The van der Waals surface area contributed by atoms with E-state index in [9.17, 15) is 5.11 Å². The summed E-state index contributed by atoms with van der Waals surface area (Å²) in [7, 11) is 0. The topological polar surface area (TPSA) is 48.9 Å². The highest BCUT2D eigenvalue weighted by Gasteiger charge is 2.36. The van der Waals surface area contributed by atoms with Gasteiger partial charge in [-0.25, -0.2) is 0 Å². The number of aliphatic hydroxyl groups excluding tert-OH is 1. The van der Waals surface area contributed by atoms with Crippen LogP contribution in [0.2, 0.25) is 0 Å². The Morgan fingerprint density at radius 3 is 2.79 bits per heavy atom. The molecule has 3 rings (SSSR count). The summed E-state index contributed by atoms with van der Waals surface area (Å²) in [6, 6.07) is 4.04. The minimum atomic E-state index is -0.437. The highest BCUT2D eigenvalue weighted by molar-refractivity contribution is 9.10. The number of aromatic amines is 1. The van der Waals surface area contributed by atoms with Gasteiger partial charge in [-0.05, 0) is 30.4 Å².